The zero-order valence-electron chi connectivity index (χ0n) is 19.7. The first-order chi connectivity index (χ1) is 16.0. The van der Waals surface area contributed by atoms with Crippen LogP contribution < -0.4 is 14.8 Å². The van der Waals surface area contributed by atoms with E-state index in [1.54, 1.807) is 0 Å². The third kappa shape index (κ3) is 6.33. The number of esters is 1. The molecule has 0 aromatic heterocycles. The van der Waals surface area contributed by atoms with E-state index < -0.39 is 21.9 Å². The predicted molar refractivity (Wildman–Crippen MR) is 125 cm³/mol. The molecule has 2 aromatic carbocycles. The minimum atomic E-state index is -3.78. The van der Waals surface area contributed by atoms with E-state index in [1.807, 2.05) is 0 Å². The zero-order valence-corrected chi connectivity index (χ0v) is 20.5. The van der Waals surface area contributed by atoms with E-state index >= 15 is 0 Å². The van der Waals surface area contributed by atoms with Crippen molar-refractivity contribution in [1.82, 2.24) is 4.31 Å². The van der Waals surface area contributed by atoms with Crippen molar-refractivity contribution in [2.75, 3.05) is 40.2 Å². The summed E-state index contributed by atoms with van der Waals surface area (Å²) in [6, 6.07) is 8.51. The number of methoxy groups -OCH3 is 3. The van der Waals surface area contributed by atoms with Gasteiger partial charge in [0.2, 0.25) is 15.9 Å². The number of sulfonamides is 1. The Morgan fingerprint density at radius 3 is 2.09 bits per heavy atom. The van der Waals surface area contributed by atoms with Crippen molar-refractivity contribution in [2.24, 2.45) is 0 Å². The molecule has 1 amide bonds. The molecule has 2 rings (SSSR count). The molecule has 0 aliphatic heterocycles. The third-order valence-corrected chi connectivity index (χ3v) is 6.92. The van der Waals surface area contributed by atoms with Crippen LogP contribution in [0.2, 0.25) is 0 Å². The molecule has 0 bridgehead atoms. The molecule has 0 heterocycles. The first-order valence-electron chi connectivity index (χ1n) is 10.3. The van der Waals surface area contributed by atoms with Gasteiger partial charge in [0.25, 0.3) is 0 Å². The third-order valence-electron chi connectivity index (χ3n) is 5.05. The standard InChI is InChI=1S/C23H28N2O8S/c1-15(26)16-8-10-17(11-9-16)34(29,30)25(2)12-6-7-22(27)24-19-14-21(32-4)20(31-3)13-18(19)23(28)33-5/h8-11,13-14H,6-7,12H2,1-5H3,(H,24,27). The van der Waals surface area contributed by atoms with Crippen molar-refractivity contribution in [1.29, 1.82) is 0 Å². The summed E-state index contributed by atoms with van der Waals surface area (Å²) < 4.78 is 41.8. The molecule has 0 radical (unpaired) electrons. The molecular formula is C23H28N2O8S. The van der Waals surface area contributed by atoms with E-state index in [0.717, 1.165) is 4.31 Å². The minimum absolute atomic E-state index is 0.00189. The van der Waals surface area contributed by atoms with Gasteiger partial charge in [0.15, 0.2) is 17.3 Å². The van der Waals surface area contributed by atoms with Crippen LogP contribution in [0.15, 0.2) is 41.3 Å². The van der Waals surface area contributed by atoms with E-state index in [2.05, 4.69) is 5.32 Å². The van der Waals surface area contributed by atoms with Crippen molar-refractivity contribution in [3.63, 3.8) is 0 Å². The molecule has 0 unspecified atom stereocenters. The molecule has 0 aliphatic carbocycles. The fourth-order valence-corrected chi connectivity index (χ4v) is 4.31. The smallest absolute Gasteiger partial charge is 0.340 e. The number of ketones is 1. The summed E-state index contributed by atoms with van der Waals surface area (Å²) >= 11 is 0. The normalized spacial score (nSPS) is 11.1. The maximum Gasteiger partial charge on any atom is 0.340 e. The number of hydrogen-bond donors (Lipinski definition) is 1. The quantitative estimate of drug-likeness (QED) is 0.375. The molecule has 11 heteroatoms. The molecule has 34 heavy (non-hydrogen) atoms. The maximum absolute atomic E-state index is 12.7. The van der Waals surface area contributed by atoms with Crippen LogP contribution in [0.5, 0.6) is 11.5 Å². The lowest BCUT2D eigenvalue weighted by atomic mass is 10.1. The summed E-state index contributed by atoms with van der Waals surface area (Å²) in [7, 11) is 1.69. The van der Waals surface area contributed by atoms with Gasteiger partial charge in [-0.05, 0) is 25.5 Å². The lowest BCUT2D eigenvalue weighted by molar-refractivity contribution is -0.116. The molecule has 10 nitrogen and oxygen atoms in total. The Morgan fingerprint density at radius 2 is 1.56 bits per heavy atom. The summed E-state index contributed by atoms with van der Waals surface area (Å²) in [6.07, 6.45) is 0.228. The van der Waals surface area contributed by atoms with Gasteiger partial charge < -0.3 is 19.5 Å². The highest BCUT2D eigenvalue weighted by Crippen LogP contribution is 2.34. The number of nitrogens with zero attached hydrogens (tertiary/aromatic N) is 1. The number of hydrogen-bond acceptors (Lipinski definition) is 8. The number of carbonyl (C=O) groups excluding carboxylic acids is 3. The molecule has 184 valence electrons. The van der Waals surface area contributed by atoms with Crippen LogP contribution in [0, 0.1) is 0 Å². The van der Waals surface area contributed by atoms with Gasteiger partial charge in [-0.15, -0.1) is 0 Å². The number of nitrogens with one attached hydrogen (secondary N) is 1. The Hall–Kier alpha value is -3.44. The van der Waals surface area contributed by atoms with Crippen LogP contribution in [0.4, 0.5) is 5.69 Å². The first-order valence-corrected chi connectivity index (χ1v) is 11.7. The highest BCUT2D eigenvalue weighted by molar-refractivity contribution is 7.89. The van der Waals surface area contributed by atoms with Crippen LogP contribution in [0.3, 0.4) is 0 Å². The van der Waals surface area contributed by atoms with Gasteiger partial charge >= 0.3 is 5.97 Å². The van der Waals surface area contributed by atoms with Gasteiger partial charge in [-0.2, -0.15) is 0 Å². The molecular weight excluding hydrogens is 464 g/mol. The lowest BCUT2D eigenvalue weighted by Crippen LogP contribution is -2.28. The summed E-state index contributed by atoms with van der Waals surface area (Å²) in [4.78, 5) is 36.1. The largest absolute Gasteiger partial charge is 0.493 e. The Morgan fingerprint density at radius 1 is 0.971 bits per heavy atom. The number of Topliss-reactive ketones (excluding diaryl/α,β-unsaturated/α-hetero) is 1. The van der Waals surface area contributed by atoms with Crippen LogP contribution in [-0.2, 0) is 19.6 Å². The van der Waals surface area contributed by atoms with Crippen molar-refractivity contribution < 1.29 is 37.0 Å². The second-order valence-electron chi connectivity index (χ2n) is 7.30. The number of rotatable bonds is 11. The Bertz CT molecular complexity index is 1160. The maximum atomic E-state index is 12.7. The van der Waals surface area contributed by atoms with Gasteiger partial charge in [-0.25, -0.2) is 17.5 Å². The summed E-state index contributed by atoms with van der Waals surface area (Å²) in [5.74, 6) is -0.642. The molecule has 0 saturated heterocycles. The number of anilines is 1. The van der Waals surface area contributed by atoms with Crippen molar-refractivity contribution in [3.8, 4) is 11.5 Å². The minimum Gasteiger partial charge on any atom is -0.493 e. The fraction of sp³-hybridized carbons (Fsp3) is 0.348. The van der Waals surface area contributed by atoms with E-state index in [1.165, 1.54) is 71.7 Å². The van der Waals surface area contributed by atoms with E-state index in [0.29, 0.717) is 17.1 Å². The molecule has 0 aliphatic rings. The first kappa shape index (κ1) is 26.8. The van der Waals surface area contributed by atoms with Crippen LogP contribution in [-0.4, -0.2) is 65.3 Å². The number of ether oxygens (including phenoxy) is 3. The van der Waals surface area contributed by atoms with Crippen molar-refractivity contribution >= 4 is 33.4 Å². The van der Waals surface area contributed by atoms with Gasteiger partial charge in [0, 0.05) is 37.7 Å². The summed E-state index contributed by atoms with van der Waals surface area (Å²) in [5, 5.41) is 2.64. The number of amides is 1. The average Bonchev–Trinajstić information content (AvgIpc) is 2.82. The van der Waals surface area contributed by atoms with Crippen LogP contribution in [0.1, 0.15) is 40.5 Å². The monoisotopic (exact) mass is 492 g/mol. The van der Waals surface area contributed by atoms with E-state index in [-0.39, 0.29) is 41.3 Å². The molecule has 1 N–H and O–H groups in total. The highest BCUT2D eigenvalue weighted by atomic mass is 32.2. The fourth-order valence-electron chi connectivity index (χ4n) is 3.10. The van der Waals surface area contributed by atoms with Gasteiger partial charge in [0.1, 0.15) is 0 Å². The van der Waals surface area contributed by atoms with Gasteiger partial charge in [-0.1, -0.05) is 12.1 Å². The lowest BCUT2D eigenvalue weighted by Gasteiger charge is -2.17. The van der Waals surface area contributed by atoms with E-state index in [9.17, 15) is 22.8 Å². The molecule has 0 atom stereocenters. The zero-order chi connectivity index (χ0) is 25.5. The Balaban J connectivity index is 2.05. The Kier molecular flexibility index (Phi) is 9.16. The second-order valence-corrected chi connectivity index (χ2v) is 9.35. The molecule has 0 fully saturated rings. The SMILES string of the molecule is COC(=O)c1cc(OC)c(OC)cc1NC(=O)CCCN(C)S(=O)(=O)c1ccc(C(C)=O)cc1. The Labute approximate surface area is 198 Å². The van der Waals surface area contributed by atoms with Gasteiger partial charge in [0.05, 0.1) is 37.5 Å². The summed E-state index contributed by atoms with van der Waals surface area (Å²) in [6.45, 7) is 1.48. The molecule has 0 saturated carbocycles. The van der Waals surface area contributed by atoms with Crippen molar-refractivity contribution in [3.05, 3.63) is 47.5 Å². The second kappa shape index (κ2) is 11.6. The average molecular weight is 493 g/mol. The number of carbonyl (C=O) groups is 3. The van der Waals surface area contributed by atoms with Crippen LogP contribution in [0.25, 0.3) is 0 Å². The van der Waals surface area contributed by atoms with Crippen LogP contribution >= 0.6 is 0 Å². The molecule has 2 aromatic rings. The predicted octanol–water partition coefficient (Wildman–Crippen LogP) is 2.73. The van der Waals surface area contributed by atoms with Crippen molar-refractivity contribution in [2.45, 2.75) is 24.7 Å². The molecule has 0 spiro atoms. The summed E-state index contributed by atoms with van der Waals surface area (Å²) in [5.41, 5.74) is 0.683. The van der Waals surface area contributed by atoms with E-state index in [4.69, 9.17) is 14.2 Å². The topological polar surface area (TPSA) is 128 Å². The number of benzene rings is 2. The highest BCUT2D eigenvalue weighted by Gasteiger charge is 2.22. The van der Waals surface area contributed by atoms with Gasteiger partial charge in [-0.3, -0.25) is 9.59 Å².